The second-order valence-electron chi connectivity index (χ2n) is 16.0. The van der Waals surface area contributed by atoms with Gasteiger partial charge in [0.05, 0.1) is 48.2 Å². The van der Waals surface area contributed by atoms with Crippen molar-refractivity contribution in [2.75, 3.05) is 56.2 Å². The highest BCUT2D eigenvalue weighted by Crippen LogP contribution is 2.48. The van der Waals surface area contributed by atoms with E-state index in [4.69, 9.17) is 29.3 Å². The lowest BCUT2D eigenvalue weighted by atomic mass is 10.0. The third-order valence-electron chi connectivity index (χ3n) is 12.4. The fourth-order valence-corrected chi connectivity index (χ4v) is 9.42. The summed E-state index contributed by atoms with van der Waals surface area (Å²) in [6, 6.07) is 16.8. The molecule has 288 valence electrons. The van der Waals surface area contributed by atoms with Gasteiger partial charge in [0.1, 0.15) is 18.0 Å². The Balaban J connectivity index is 1.02. The lowest BCUT2D eigenvalue weighted by Crippen LogP contribution is -2.56. The summed E-state index contributed by atoms with van der Waals surface area (Å²) in [7, 11) is 2.20. The Morgan fingerprint density at radius 1 is 1.02 bits per heavy atom. The summed E-state index contributed by atoms with van der Waals surface area (Å²) in [4.78, 5) is 32.6. The van der Waals surface area contributed by atoms with Crippen LogP contribution in [-0.4, -0.2) is 99.7 Å². The second kappa shape index (κ2) is 15.0. The largest absolute Gasteiger partial charge is 0.455 e. The van der Waals surface area contributed by atoms with Crippen LogP contribution < -0.4 is 14.5 Å². The number of fused-ring (bicyclic) bond motifs is 2. The number of carbonyl (C=O) groups is 1. The van der Waals surface area contributed by atoms with E-state index in [0.29, 0.717) is 38.2 Å². The number of ether oxygens (including phenoxy) is 3. The van der Waals surface area contributed by atoms with Gasteiger partial charge in [-0.05, 0) is 89.1 Å². The molecule has 0 bridgehead atoms. The number of anilines is 2. The standard InChI is InChI=1S/C42H51N9O4/c1-29-13-14-35-33(25-44-51(35)37-12-6-7-24-53-37)38(29)48-21-16-32-34(27-48)45-40(55-42(17-18-42)36-11-8-20-47(36)2)46-39(32)49-22-23-50(31(26-49)15-19-43)41(52)54-28-30-9-4-3-5-10-30/h3-5,9-10,13-14,25,31,36-37H,6-8,11-12,15-18,20-24,26-28H2,1-2H3/t31-,36-,37?/m0/s1. The van der Waals surface area contributed by atoms with Crippen molar-refractivity contribution in [3.05, 3.63) is 71.0 Å². The van der Waals surface area contributed by atoms with E-state index in [9.17, 15) is 10.1 Å². The number of aryl methyl sites for hydroxylation is 1. The maximum atomic E-state index is 13.4. The van der Waals surface area contributed by atoms with Gasteiger partial charge in [0.15, 0.2) is 6.23 Å². The summed E-state index contributed by atoms with van der Waals surface area (Å²) in [6.07, 6.45) is 9.99. The third kappa shape index (κ3) is 6.95. The molecule has 2 aromatic carbocycles. The molecule has 3 atom stereocenters. The molecule has 13 heteroatoms. The first-order chi connectivity index (χ1) is 26.9. The maximum Gasteiger partial charge on any atom is 0.410 e. The fraction of sp³-hybridized carbons (Fsp3) is 0.548. The van der Waals surface area contributed by atoms with E-state index in [1.54, 1.807) is 4.90 Å². The van der Waals surface area contributed by atoms with Crippen LogP contribution in [0.3, 0.4) is 0 Å². The van der Waals surface area contributed by atoms with E-state index in [0.717, 1.165) is 98.2 Å². The van der Waals surface area contributed by atoms with E-state index in [1.165, 1.54) is 17.7 Å². The molecule has 5 aliphatic rings. The van der Waals surface area contributed by atoms with E-state index < -0.39 is 6.09 Å². The van der Waals surface area contributed by atoms with E-state index in [2.05, 4.69) is 51.6 Å². The number of likely N-dealkylation sites (tertiary alicyclic amines) is 1. The van der Waals surface area contributed by atoms with Gasteiger partial charge in [0.25, 0.3) is 0 Å². The van der Waals surface area contributed by atoms with Crippen LogP contribution in [0.4, 0.5) is 16.3 Å². The molecule has 2 aromatic heterocycles. The molecule has 0 radical (unpaired) electrons. The number of likely N-dealkylation sites (N-methyl/N-ethyl adjacent to an activating group) is 1. The SMILES string of the molecule is Cc1ccc2c(cnn2C2CCCCO2)c1N1CCc2c(nc(OC3([C@@H]4CCCN4C)CC3)nc2N2CCN(C(=O)OCc3ccccc3)[C@@H](CC#N)C2)C1. The molecule has 3 saturated heterocycles. The van der Waals surface area contributed by atoms with Gasteiger partial charge < -0.3 is 28.9 Å². The molecular weight excluding hydrogens is 695 g/mol. The molecule has 55 heavy (non-hydrogen) atoms. The van der Waals surface area contributed by atoms with Crippen molar-refractivity contribution in [2.24, 2.45) is 0 Å². The normalized spacial score (nSPS) is 23.7. The number of nitriles is 1. The van der Waals surface area contributed by atoms with Crippen LogP contribution in [0, 0.1) is 18.3 Å². The predicted octanol–water partition coefficient (Wildman–Crippen LogP) is 6.14. The Bertz CT molecular complexity index is 2070. The Kier molecular flexibility index (Phi) is 9.72. The molecule has 4 aromatic rings. The molecule has 9 rings (SSSR count). The number of hydrogen-bond donors (Lipinski definition) is 0. The average molecular weight is 746 g/mol. The first kappa shape index (κ1) is 35.8. The number of nitrogens with zero attached hydrogens (tertiary/aromatic N) is 9. The van der Waals surface area contributed by atoms with E-state index in [1.807, 2.05) is 36.5 Å². The van der Waals surface area contributed by atoms with Crippen LogP contribution >= 0.6 is 0 Å². The minimum atomic E-state index is -0.396. The summed E-state index contributed by atoms with van der Waals surface area (Å²) in [6.45, 7) is 7.06. The zero-order valence-corrected chi connectivity index (χ0v) is 32.0. The number of piperazine rings is 1. The Morgan fingerprint density at radius 2 is 1.89 bits per heavy atom. The highest BCUT2D eigenvalue weighted by Gasteiger charge is 2.55. The van der Waals surface area contributed by atoms with Crippen molar-refractivity contribution in [3.8, 4) is 12.1 Å². The monoisotopic (exact) mass is 745 g/mol. The average Bonchev–Trinajstić information content (AvgIpc) is 3.62. The molecule has 1 saturated carbocycles. The topological polar surface area (TPSA) is 125 Å². The van der Waals surface area contributed by atoms with Crippen molar-refractivity contribution in [2.45, 2.75) is 102 Å². The van der Waals surface area contributed by atoms with Crippen molar-refractivity contribution in [1.82, 2.24) is 29.5 Å². The number of carbonyl (C=O) groups excluding carboxylic acids is 1. The van der Waals surface area contributed by atoms with Crippen LogP contribution in [0.5, 0.6) is 6.01 Å². The molecular formula is C42H51N9O4. The van der Waals surface area contributed by atoms with Crippen molar-refractivity contribution >= 4 is 28.5 Å². The van der Waals surface area contributed by atoms with Crippen molar-refractivity contribution in [1.29, 1.82) is 5.26 Å². The third-order valence-corrected chi connectivity index (χ3v) is 12.4. The number of benzene rings is 2. The zero-order valence-electron chi connectivity index (χ0n) is 32.0. The van der Waals surface area contributed by atoms with Gasteiger partial charge in [-0.15, -0.1) is 0 Å². The Hall–Kier alpha value is -4.93. The van der Waals surface area contributed by atoms with Crippen LogP contribution in [0.1, 0.15) is 80.0 Å². The zero-order chi connectivity index (χ0) is 37.5. The van der Waals surface area contributed by atoms with Gasteiger partial charge in [-0.3, -0.25) is 4.90 Å². The highest BCUT2D eigenvalue weighted by atomic mass is 16.6. The first-order valence-corrected chi connectivity index (χ1v) is 20.1. The minimum Gasteiger partial charge on any atom is -0.455 e. The number of amides is 1. The van der Waals surface area contributed by atoms with Crippen LogP contribution in [0.15, 0.2) is 48.7 Å². The Morgan fingerprint density at radius 3 is 2.65 bits per heavy atom. The lowest BCUT2D eigenvalue weighted by molar-refractivity contribution is -0.0366. The summed E-state index contributed by atoms with van der Waals surface area (Å²) in [5, 5.41) is 15.9. The van der Waals surface area contributed by atoms with Crippen molar-refractivity contribution < 1.29 is 19.0 Å². The lowest BCUT2D eigenvalue weighted by Gasteiger charge is -2.42. The van der Waals surface area contributed by atoms with Gasteiger partial charge in [0, 0.05) is 49.8 Å². The summed E-state index contributed by atoms with van der Waals surface area (Å²) < 4.78 is 20.8. The Labute approximate surface area is 322 Å². The van der Waals surface area contributed by atoms with Crippen LogP contribution in [-0.2, 0) is 29.0 Å². The summed E-state index contributed by atoms with van der Waals surface area (Å²) >= 11 is 0. The molecule has 1 amide bonds. The van der Waals surface area contributed by atoms with E-state index in [-0.39, 0.29) is 30.9 Å². The van der Waals surface area contributed by atoms with Crippen LogP contribution in [0.25, 0.3) is 10.9 Å². The molecule has 4 aliphatic heterocycles. The molecule has 0 spiro atoms. The molecule has 1 aliphatic carbocycles. The maximum absolute atomic E-state index is 13.4. The first-order valence-electron chi connectivity index (χ1n) is 20.1. The molecule has 6 heterocycles. The number of aromatic nitrogens is 4. The van der Waals surface area contributed by atoms with Gasteiger partial charge in [-0.25, -0.2) is 9.48 Å². The van der Waals surface area contributed by atoms with Crippen molar-refractivity contribution in [3.63, 3.8) is 0 Å². The van der Waals surface area contributed by atoms with Crippen LogP contribution in [0.2, 0.25) is 0 Å². The number of hydrogen-bond acceptors (Lipinski definition) is 11. The quantitative estimate of drug-likeness (QED) is 0.196. The van der Waals surface area contributed by atoms with Gasteiger partial charge in [-0.1, -0.05) is 36.4 Å². The predicted molar refractivity (Wildman–Crippen MR) is 208 cm³/mol. The minimum absolute atomic E-state index is 0.0383. The molecule has 13 nitrogen and oxygen atoms in total. The van der Waals surface area contributed by atoms with Gasteiger partial charge >= 0.3 is 12.1 Å². The molecule has 1 unspecified atom stereocenters. The smallest absolute Gasteiger partial charge is 0.410 e. The number of rotatable bonds is 9. The van der Waals surface area contributed by atoms with E-state index >= 15 is 0 Å². The highest BCUT2D eigenvalue weighted by molar-refractivity contribution is 5.94. The molecule has 4 fully saturated rings. The molecule has 0 N–H and O–H groups in total. The second-order valence-corrected chi connectivity index (χ2v) is 16.0. The summed E-state index contributed by atoms with van der Waals surface area (Å²) in [5.41, 5.74) is 6.19. The summed E-state index contributed by atoms with van der Waals surface area (Å²) in [5.74, 6) is 0.854. The fourth-order valence-electron chi connectivity index (χ4n) is 9.42. The van der Waals surface area contributed by atoms with Gasteiger partial charge in [-0.2, -0.15) is 20.3 Å². The van der Waals surface area contributed by atoms with Gasteiger partial charge in [0.2, 0.25) is 0 Å².